The van der Waals surface area contributed by atoms with E-state index in [1.54, 1.807) is 0 Å². The van der Waals surface area contributed by atoms with E-state index in [4.69, 9.17) is 11.5 Å². The molecule has 0 saturated carbocycles. The van der Waals surface area contributed by atoms with Crippen molar-refractivity contribution in [1.82, 2.24) is 0 Å². The fourth-order valence-corrected chi connectivity index (χ4v) is 1.20. The van der Waals surface area contributed by atoms with E-state index in [-0.39, 0.29) is 5.69 Å². The third-order valence-electron chi connectivity index (χ3n) is 1.54. The number of hydrogen-bond acceptors (Lipinski definition) is 2. The van der Waals surface area contributed by atoms with E-state index in [1.165, 1.54) is 6.07 Å². The number of nitrogen functional groups attached to an aromatic ring is 2. The molecule has 0 heterocycles. The number of hydrogen-bond donors (Lipinski definition) is 2. The minimum absolute atomic E-state index is 0.0881. The van der Waals surface area contributed by atoms with Gasteiger partial charge in [-0.05, 0) is 28.1 Å². The maximum absolute atomic E-state index is 12.2. The van der Waals surface area contributed by atoms with Crippen molar-refractivity contribution >= 4 is 27.3 Å². The average molecular weight is 255 g/mol. The molecule has 0 fully saturated rings. The van der Waals surface area contributed by atoms with Gasteiger partial charge < -0.3 is 11.5 Å². The summed E-state index contributed by atoms with van der Waals surface area (Å²) in [4.78, 5) is 0. The number of nitrogens with two attached hydrogens (primary N) is 2. The normalized spacial score (nSPS) is 11.7. The molecule has 0 aliphatic carbocycles. The van der Waals surface area contributed by atoms with Gasteiger partial charge in [-0.25, -0.2) is 0 Å². The number of anilines is 2. The predicted molar refractivity (Wildman–Crippen MR) is 48.0 cm³/mol. The van der Waals surface area contributed by atoms with Crippen molar-refractivity contribution in [3.05, 3.63) is 22.2 Å². The molecule has 0 aliphatic rings. The van der Waals surface area contributed by atoms with Gasteiger partial charge in [0.2, 0.25) is 0 Å². The lowest BCUT2D eigenvalue weighted by Crippen LogP contribution is -2.10. The molecule has 0 aromatic heterocycles. The number of rotatable bonds is 0. The Morgan fingerprint density at radius 1 is 1.08 bits per heavy atom. The van der Waals surface area contributed by atoms with Crippen molar-refractivity contribution in [2.45, 2.75) is 6.18 Å². The molecule has 6 heteroatoms. The average Bonchev–Trinajstić information content (AvgIpc) is 1.98. The first-order valence-corrected chi connectivity index (χ1v) is 4.04. The highest BCUT2D eigenvalue weighted by molar-refractivity contribution is 9.10. The van der Waals surface area contributed by atoms with Gasteiger partial charge in [-0.15, -0.1) is 0 Å². The predicted octanol–water partition coefficient (Wildman–Crippen LogP) is 2.63. The molecule has 1 rings (SSSR count). The molecular formula is C7H6BrF3N2. The minimum Gasteiger partial charge on any atom is -0.397 e. The summed E-state index contributed by atoms with van der Waals surface area (Å²) in [5.41, 5.74) is 9.06. The zero-order valence-corrected chi connectivity index (χ0v) is 7.91. The SMILES string of the molecule is Nc1c(Br)ccc(C(F)(F)F)c1N. The van der Waals surface area contributed by atoms with Gasteiger partial charge in [0.25, 0.3) is 0 Å². The molecule has 1 aromatic rings. The molecule has 13 heavy (non-hydrogen) atoms. The van der Waals surface area contributed by atoms with Gasteiger partial charge >= 0.3 is 6.18 Å². The van der Waals surface area contributed by atoms with E-state index in [0.717, 1.165) is 6.07 Å². The van der Waals surface area contributed by atoms with Gasteiger partial charge in [-0.1, -0.05) is 0 Å². The molecule has 4 N–H and O–H groups in total. The van der Waals surface area contributed by atoms with Gasteiger partial charge in [-0.2, -0.15) is 13.2 Å². The van der Waals surface area contributed by atoms with E-state index in [0.29, 0.717) is 4.47 Å². The number of halogens is 4. The second-order valence-electron chi connectivity index (χ2n) is 2.42. The van der Waals surface area contributed by atoms with Crippen molar-refractivity contribution in [3.63, 3.8) is 0 Å². The summed E-state index contributed by atoms with van der Waals surface area (Å²) in [6.45, 7) is 0. The third kappa shape index (κ3) is 1.88. The zero-order valence-electron chi connectivity index (χ0n) is 6.32. The van der Waals surface area contributed by atoms with Crippen molar-refractivity contribution in [1.29, 1.82) is 0 Å². The molecule has 2 nitrogen and oxygen atoms in total. The first-order valence-electron chi connectivity index (χ1n) is 3.24. The van der Waals surface area contributed by atoms with Crippen LogP contribution in [0.5, 0.6) is 0 Å². The van der Waals surface area contributed by atoms with Crippen LogP contribution in [0.2, 0.25) is 0 Å². The Bertz CT molecular complexity index is 335. The first kappa shape index (κ1) is 10.2. The molecule has 0 saturated heterocycles. The minimum atomic E-state index is -4.46. The first-order chi connectivity index (χ1) is 5.84. The maximum Gasteiger partial charge on any atom is 0.418 e. The monoisotopic (exact) mass is 254 g/mol. The molecular weight excluding hydrogens is 249 g/mol. The van der Waals surface area contributed by atoms with Crippen LogP contribution in [0.15, 0.2) is 16.6 Å². The molecule has 0 amide bonds. The lowest BCUT2D eigenvalue weighted by molar-refractivity contribution is -0.136. The van der Waals surface area contributed by atoms with Crippen LogP contribution in [0, 0.1) is 0 Å². The molecule has 0 atom stereocenters. The second kappa shape index (κ2) is 3.10. The second-order valence-corrected chi connectivity index (χ2v) is 3.27. The summed E-state index contributed by atoms with van der Waals surface area (Å²) in [5, 5.41) is 0. The maximum atomic E-state index is 12.2. The molecule has 72 valence electrons. The summed E-state index contributed by atoms with van der Waals surface area (Å²) in [7, 11) is 0. The molecule has 0 radical (unpaired) electrons. The summed E-state index contributed by atoms with van der Waals surface area (Å²) in [5.74, 6) is 0. The van der Waals surface area contributed by atoms with Gasteiger partial charge in [0.05, 0.1) is 16.9 Å². The van der Waals surface area contributed by atoms with Crippen molar-refractivity contribution in [2.24, 2.45) is 0 Å². The van der Waals surface area contributed by atoms with Crippen LogP contribution in [-0.4, -0.2) is 0 Å². The Balaban J connectivity index is 3.35. The molecule has 0 spiro atoms. The van der Waals surface area contributed by atoms with E-state index < -0.39 is 17.4 Å². The van der Waals surface area contributed by atoms with E-state index in [2.05, 4.69) is 15.9 Å². The van der Waals surface area contributed by atoms with Crippen molar-refractivity contribution < 1.29 is 13.2 Å². The van der Waals surface area contributed by atoms with E-state index in [9.17, 15) is 13.2 Å². The molecule has 0 unspecified atom stereocenters. The van der Waals surface area contributed by atoms with Gasteiger partial charge in [-0.3, -0.25) is 0 Å². The Kier molecular flexibility index (Phi) is 2.42. The zero-order chi connectivity index (χ0) is 10.2. The fourth-order valence-electron chi connectivity index (χ4n) is 0.857. The topological polar surface area (TPSA) is 52.0 Å². The van der Waals surface area contributed by atoms with Crippen LogP contribution in [0.25, 0.3) is 0 Å². The third-order valence-corrected chi connectivity index (χ3v) is 2.23. The largest absolute Gasteiger partial charge is 0.418 e. The van der Waals surface area contributed by atoms with Crippen molar-refractivity contribution in [3.8, 4) is 0 Å². The number of alkyl halides is 3. The van der Waals surface area contributed by atoms with Crippen LogP contribution in [0.3, 0.4) is 0 Å². The lowest BCUT2D eigenvalue weighted by atomic mass is 10.1. The molecule has 0 aliphatic heterocycles. The van der Waals surface area contributed by atoms with E-state index >= 15 is 0 Å². The van der Waals surface area contributed by atoms with Gasteiger partial charge in [0.15, 0.2) is 0 Å². The Hall–Kier alpha value is -0.910. The van der Waals surface area contributed by atoms with Crippen molar-refractivity contribution in [2.75, 3.05) is 11.5 Å². The highest BCUT2D eigenvalue weighted by atomic mass is 79.9. The summed E-state index contributed by atoms with van der Waals surface area (Å²) < 4.78 is 37.0. The lowest BCUT2D eigenvalue weighted by Gasteiger charge is -2.12. The summed E-state index contributed by atoms with van der Waals surface area (Å²) >= 11 is 2.97. The summed E-state index contributed by atoms with van der Waals surface area (Å²) in [6, 6.07) is 2.10. The molecule has 1 aromatic carbocycles. The van der Waals surface area contributed by atoms with Crippen LogP contribution in [-0.2, 0) is 6.18 Å². The van der Waals surface area contributed by atoms with Crippen LogP contribution in [0.1, 0.15) is 5.56 Å². The van der Waals surface area contributed by atoms with Crippen LogP contribution < -0.4 is 11.5 Å². The smallest absolute Gasteiger partial charge is 0.397 e. The Morgan fingerprint density at radius 3 is 2.08 bits per heavy atom. The van der Waals surface area contributed by atoms with Crippen LogP contribution >= 0.6 is 15.9 Å². The fraction of sp³-hybridized carbons (Fsp3) is 0.143. The van der Waals surface area contributed by atoms with Gasteiger partial charge in [0, 0.05) is 4.47 Å². The Morgan fingerprint density at radius 2 is 1.62 bits per heavy atom. The van der Waals surface area contributed by atoms with Gasteiger partial charge in [0.1, 0.15) is 0 Å². The highest BCUT2D eigenvalue weighted by Crippen LogP contribution is 2.38. The highest BCUT2D eigenvalue weighted by Gasteiger charge is 2.33. The van der Waals surface area contributed by atoms with Crippen LogP contribution in [0.4, 0.5) is 24.5 Å². The quantitative estimate of drug-likeness (QED) is 0.700. The summed E-state index contributed by atoms with van der Waals surface area (Å²) in [6.07, 6.45) is -4.46. The molecule has 0 bridgehead atoms. The number of benzene rings is 1. The Labute approximate surface area is 80.8 Å². The van der Waals surface area contributed by atoms with E-state index in [1.807, 2.05) is 0 Å². The standard InChI is InChI=1S/C7H6BrF3N2/c8-4-2-1-3(7(9,10)11)5(12)6(4)13/h1-2H,12-13H2.